The van der Waals surface area contributed by atoms with Crippen molar-refractivity contribution in [2.75, 3.05) is 43.9 Å². The lowest BCUT2D eigenvalue weighted by Crippen LogP contribution is -2.46. The number of carbonyl (C=O) groups is 1. The molecule has 0 atom stereocenters. The Labute approximate surface area is 231 Å². The van der Waals surface area contributed by atoms with E-state index in [0.717, 1.165) is 67.3 Å². The maximum absolute atomic E-state index is 12.1. The molecule has 1 N–H and O–H groups in total. The van der Waals surface area contributed by atoms with E-state index in [9.17, 15) is 13.2 Å². The van der Waals surface area contributed by atoms with Crippen LogP contribution >= 0.6 is 0 Å². The Bertz CT molecular complexity index is 1380. The molecule has 1 saturated heterocycles. The summed E-state index contributed by atoms with van der Waals surface area (Å²) in [6, 6.07) is 21.6. The molecular formula is C30H37N3O5S. The summed E-state index contributed by atoms with van der Waals surface area (Å²) in [6.07, 6.45) is 1.04. The minimum atomic E-state index is -3.60. The van der Waals surface area contributed by atoms with Crippen LogP contribution in [0.2, 0.25) is 0 Å². The van der Waals surface area contributed by atoms with E-state index in [4.69, 9.17) is 9.47 Å². The van der Waals surface area contributed by atoms with E-state index >= 15 is 0 Å². The summed E-state index contributed by atoms with van der Waals surface area (Å²) in [6.45, 7) is 11.0. The first-order valence-electron chi connectivity index (χ1n) is 13.2. The monoisotopic (exact) mass is 551 g/mol. The molecule has 0 spiro atoms. The minimum Gasteiger partial charge on any atom is -0.494 e. The van der Waals surface area contributed by atoms with Crippen LogP contribution in [0.15, 0.2) is 66.7 Å². The molecule has 1 heterocycles. The summed E-state index contributed by atoms with van der Waals surface area (Å²) in [5.74, 6) is 1.09. The van der Waals surface area contributed by atoms with E-state index in [1.54, 1.807) is 12.1 Å². The van der Waals surface area contributed by atoms with Crippen molar-refractivity contribution in [2.24, 2.45) is 0 Å². The molecule has 1 amide bonds. The van der Waals surface area contributed by atoms with Gasteiger partial charge in [0.05, 0.1) is 19.0 Å². The normalized spacial score (nSPS) is 14.3. The van der Waals surface area contributed by atoms with Crippen molar-refractivity contribution >= 4 is 21.6 Å². The fourth-order valence-corrected chi connectivity index (χ4v) is 5.12. The summed E-state index contributed by atoms with van der Waals surface area (Å²) in [5.41, 5.74) is 4.71. The van der Waals surface area contributed by atoms with Crippen molar-refractivity contribution in [1.82, 2.24) is 9.62 Å². The Kier molecular flexibility index (Phi) is 9.14. The summed E-state index contributed by atoms with van der Waals surface area (Å²) in [5, 5.41) is 0. The number of nitrogens with one attached hydrogen (secondary N) is 1. The van der Waals surface area contributed by atoms with Crippen LogP contribution in [0.1, 0.15) is 36.7 Å². The van der Waals surface area contributed by atoms with Gasteiger partial charge in [-0.15, -0.1) is 0 Å². The van der Waals surface area contributed by atoms with Crippen LogP contribution in [-0.4, -0.2) is 64.4 Å². The number of piperazine rings is 1. The third-order valence-corrected chi connectivity index (χ3v) is 6.92. The Morgan fingerprint density at radius 3 is 2.26 bits per heavy atom. The Hall–Kier alpha value is -3.56. The van der Waals surface area contributed by atoms with Crippen molar-refractivity contribution in [2.45, 2.75) is 33.4 Å². The number of hydrogen-bond donors (Lipinski definition) is 1. The predicted octanol–water partition coefficient (Wildman–Crippen LogP) is 4.55. The van der Waals surface area contributed by atoms with Crippen LogP contribution in [0.3, 0.4) is 0 Å². The molecule has 0 radical (unpaired) electrons. The van der Waals surface area contributed by atoms with Crippen molar-refractivity contribution in [1.29, 1.82) is 0 Å². The Morgan fingerprint density at radius 1 is 0.923 bits per heavy atom. The number of carbonyl (C=O) groups excluding carboxylic acids is 1. The molecule has 4 rings (SSSR count). The maximum Gasteiger partial charge on any atom is 0.264 e. The molecule has 1 aliphatic heterocycles. The van der Waals surface area contributed by atoms with Crippen LogP contribution < -0.4 is 19.1 Å². The molecule has 0 bridgehead atoms. The fourth-order valence-electron chi connectivity index (χ4n) is 4.66. The van der Waals surface area contributed by atoms with E-state index in [-0.39, 0.29) is 6.10 Å². The van der Waals surface area contributed by atoms with Gasteiger partial charge in [0.25, 0.3) is 5.91 Å². The van der Waals surface area contributed by atoms with Crippen LogP contribution in [0.4, 0.5) is 5.69 Å². The first kappa shape index (κ1) is 28.4. The van der Waals surface area contributed by atoms with Crippen LogP contribution in [-0.2, 0) is 16.6 Å². The van der Waals surface area contributed by atoms with Crippen LogP contribution in [0, 0.1) is 0 Å². The van der Waals surface area contributed by atoms with Gasteiger partial charge in [-0.1, -0.05) is 12.1 Å². The van der Waals surface area contributed by atoms with Gasteiger partial charge in [0.2, 0.25) is 10.0 Å². The number of ether oxygens (including phenoxy) is 2. The van der Waals surface area contributed by atoms with Gasteiger partial charge < -0.3 is 14.4 Å². The lowest BCUT2D eigenvalue weighted by atomic mass is 10.0. The molecule has 1 aliphatic rings. The van der Waals surface area contributed by atoms with Crippen molar-refractivity contribution in [3.8, 4) is 22.6 Å². The summed E-state index contributed by atoms with van der Waals surface area (Å²) >= 11 is 0. The second kappa shape index (κ2) is 12.5. The standard InChI is InChI=1S/C30H37N3O5S/c1-5-37-28-8-6-7-25(19-28)26-17-23(18-29(20-26)38-22(2)3)21-32-13-15-33(16-14-32)27-11-9-24(10-12-27)30(34)31-39(4,35)36/h6-12,17-20,22H,5,13-16,21H2,1-4H3,(H,31,34). The zero-order valence-electron chi connectivity index (χ0n) is 23.0. The summed E-state index contributed by atoms with van der Waals surface area (Å²) in [4.78, 5) is 16.8. The zero-order chi connectivity index (χ0) is 28.0. The van der Waals surface area contributed by atoms with E-state index in [1.165, 1.54) is 5.56 Å². The smallest absolute Gasteiger partial charge is 0.264 e. The van der Waals surface area contributed by atoms with Gasteiger partial charge >= 0.3 is 0 Å². The van der Waals surface area contributed by atoms with E-state index in [2.05, 4.69) is 40.1 Å². The van der Waals surface area contributed by atoms with Gasteiger partial charge in [-0.05, 0) is 92.1 Å². The third kappa shape index (κ3) is 8.21. The number of sulfonamides is 1. The molecule has 3 aromatic carbocycles. The van der Waals surface area contributed by atoms with Crippen LogP contribution in [0.25, 0.3) is 11.1 Å². The number of hydrogen-bond acceptors (Lipinski definition) is 7. The first-order chi connectivity index (χ1) is 18.6. The molecule has 9 heteroatoms. The van der Waals surface area contributed by atoms with Crippen molar-refractivity contribution < 1.29 is 22.7 Å². The summed E-state index contributed by atoms with van der Waals surface area (Å²) < 4.78 is 36.5. The number of amides is 1. The average molecular weight is 552 g/mol. The van der Waals surface area contributed by atoms with Crippen molar-refractivity contribution in [3.63, 3.8) is 0 Å². The van der Waals surface area contributed by atoms with Crippen LogP contribution in [0.5, 0.6) is 11.5 Å². The first-order valence-corrected chi connectivity index (χ1v) is 15.1. The number of nitrogens with zero attached hydrogens (tertiary/aromatic N) is 2. The highest BCUT2D eigenvalue weighted by Crippen LogP contribution is 2.30. The molecule has 0 saturated carbocycles. The van der Waals surface area contributed by atoms with E-state index in [1.807, 2.05) is 49.8 Å². The Morgan fingerprint density at radius 2 is 1.62 bits per heavy atom. The number of benzene rings is 3. The number of anilines is 1. The van der Waals surface area contributed by atoms with E-state index in [0.29, 0.717) is 12.2 Å². The molecular weight excluding hydrogens is 514 g/mol. The van der Waals surface area contributed by atoms with E-state index < -0.39 is 15.9 Å². The fraction of sp³-hybridized carbons (Fsp3) is 0.367. The molecule has 0 aromatic heterocycles. The van der Waals surface area contributed by atoms with Gasteiger partial charge in [-0.25, -0.2) is 13.1 Å². The van der Waals surface area contributed by atoms with Gasteiger partial charge in [0.15, 0.2) is 0 Å². The Balaban J connectivity index is 1.43. The van der Waals surface area contributed by atoms with Gasteiger partial charge in [0.1, 0.15) is 11.5 Å². The topological polar surface area (TPSA) is 88.2 Å². The summed E-state index contributed by atoms with van der Waals surface area (Å²) in [7, 11) is -3.60. The third-order valence-electron chi connectivity index (χ3n) is 6.37. The van der Waals surface area contributed by atoms with Gasteiger partial charge in [-0.2, -0.15) is 0 Å². The molecule has 8 nitrogen and oxygen atoms in total. The highest BCUT2D eigenvalue weighted by atomic mass is 32.2. The van der Waals surface area contributed by atoms with Gasteiger partial charge in [-0.3, -0.25) is 9.69 Å². The highest BCUT2D eigenvalue weighted by molar-refractivity contribution is 7.89. The molecule has 1 fully saturated rings. The molecule has 39 heavy (non-hydrogen) atoms. The molecule has 0 unspecified atom stereocenters. The van der Waals surface area contributed by atoms with Gasteiger partial charge in [0, 0.05) is 44.0 Å². The maximum atomic E-state index is 12.1. The lowest BCUT2D eigenvalue weighted by Gasteiger charge is -2.36. The molecule has 3 aromatic rings. The largest absolute Gasteiger partial charge is 0.494 e. The zero-order valence-corrected chi connectivity index (χ0v) is 23.8. The predicted molar refractivity (Wildman–Crippen MR) is 155 cm³/mol. The SMILES string of the molecule is CCOc1cccc(-c2cc(CN3CCN(c4ccc(C(=O)NS(C)(=O)=O)cc4)CC3)cc(OC(C)C)c2)c1. The molecule has 208 valence electrons. The van der Waals surface area contributed by atoms with Crippen molar-refractivity contribution in [3.05, 3.63) is 77.9 Å². The average Bonchev–Trinajstić information content (AvgIpc) is 2.88. The second-order valence-electron chi connectivity index (χ2n) is 10.0. The molecule has 0 aliphatic carbocycles. The second-order valence-corrected chi connectivity index (χ2v) is 11.8. The number of rotatable bonds is 10. The quantitative estimate of drug-likeness (QED) is 0.396. The minimum absolute atomic E-state index is 0.0789. The lowest BCUT2D eigenvalue weighted by molar-refractivity contribution is 0.0981. The highest BCUT2D eigenvalue weighted by Gasteiger charge is 2.19.